The molecule has 154 valence electrons. The average molecular weight is 447 g/mol. The monoisotopic (exact) mass is 446 g/mol. The van der Waals surface area contributed by atoms with Crippen LogP contribution < -0.4 is 16.2 Å². The molecule has 11 heteroatoms. The second kappa shape index (κ2) is 9.38. The molecule has 0 atom stereocenters. The van der Waals surface area contributed by atoms with Crippen LogP contribution in [0.5, 0.6) is 0 Å². The van der Waals surface area contributed by atoms with E-state index in [1.54, 1.807) is 12.1 Å². The summed E-state index contributed by atoms with van der Waals surface area (Å²) < 4.78 is 0. The lowest BCUT2D eigenvalue weighted by atomic mass is 10.1. The van der Waals surface area contributed by atoms with E-state index in [2.05, 4.69) is 26.1 Å². The van der Waals surface area contributed by atoms with Crippen LogP contribution in [0.4, 0.5) is 23.0 Å². The van der Waals surface area contributed by atoms with Gasteiger partial charge in [0, 0.05) is 10.7 Å². The first-order valence-electron chi connectivity index (χ1n) is 8.75. The molecule has 0 aliphatic heterocycles. The van der Waals surface area contributed by atoms with Crippen LogP contribution in [0, 0.1) is 10.1 Å². The van der Waals surface area contributed by atoms with E-state index in [0.717, 1.165) is 18.3 Å². The second-order valence-electron chi connectivity index (χ2n) is 6.06. The van der Waals surface area contributed by atoms with E-state index >= 15 is 0 Å². The molecule has 0 aliphatic carbocycles. The van der Waals surface area contributed by atoms with E-state index in [9.17, 15) is 14.9 Å². The van der Waals surface area contributed by atoms with Crippen molar-refractivity contribution in [3.8, 4) is 0 Å². The first-order valence-corrected chi connectivity index (χ1v) is 9.51. The summed E-state index contributed by atoms with van der Waals surface area (Å²) in [5.41, 5.74) is 6.25. The second-order valence-corrected chi connectivity index (χ2v) is 6.90. The molecule has 0 aliphatic rings. The zero-order valence-corrected chi connectivity index (χ0v) is 17.2. The van der Waals surface area contributed by atoms with Crippen LogP contribution in [0.3, 0.4) is 0 Å². The number of hydrogen-bond donors (Lipinski definition) is 3. The number of nitro groups is 1. The highest BCUT2D eigenvalue weighted by Gasteiger charge is 2.24. The Morgan fingerprint density at radius 2 is 1.80 bits per heavy atom. The molecule has 0 bridgehead atoms. The first kappa shape index (κ1) is 21.3. The molecular weight excluding hydrogens is 431 g/mol. The summed E-state index contributed by atoms with van der Waals surface area (Å²) in [7, 11) is 0. The maximum atomic E-state index is 12.3. The average Bonchev–Trinajstić information content (AvgIpc) is 2.72. The SMILES string of the molecule is CCc1ccc(Nc2ncnc(NNC(=O)c3ccc(Cl)cc3Cl)c2[N+](=O)[O-])cc1. The Hall–Kier alpha value is -3.43. The van der Waals surface area contributed by atoms with Crippen molar-refractivity contribution in [3.05, 3.63) is 80.1 Å². The molecule has 0 radical (unpaired) electrons. The topological polar surface area (TPSA) is 122 Å². The van der Waals surface area contributed by atoms with Gasteiger partial charge in [-0.1, -0.05) is 42.3 Å². The Bertz CT molecular complexity index is 1090. The summed E-state index contributed by atoms with van der Waals surface area (Å²) in [5, 5.41) is 15.0. The predicted octanol–water partition coefficient (Wildman–Crippen LogP) is 4.75. The Kier molecular flexibility index (Phi) is 6.65. The lowest BCUT2D eigenvalue weighted by molar-refractivity contribution is -0.383. The fourth-order valence-corrected chi connectivity index (χ4v) is 3.05. The molecule has 0 saturated heterocycles. The van der Waals surface area contributed by atoms with Crippen molar-refractivity contribution in [1.82, 2.24) is 15.4 Å². The smallest absolute Gasteiger partial charge is 0.334 e. The van der Waals surface area contributed by atoms with Crippen LogP contribution in [-0.2, 0) is 6.42 Å². The summed E-state index contributed by atoms with van der Waals surface area (Å²) in [4.78, 5) is 31.1. The van der Waals surface area contributed by atoms with E-state index in [0.29, 0.717) is 10.7 Å². The Balaban J connectivity index is 1.81. The molecule has 0 saturated carbocycles. The van der Waals surface area contributed by atoms with E-state index in [-0.39, 0.29) is 22.2 Å². The van der Waals surface area contributed by atoms with Gasteiger partial charge in [0.25, 0.3) is 5.91 Å². The molecule has 1 aromatic heterocycles. The number of benzene rings is 2. The van der Waals surface area contributed by atoms with Gasteiger partial charge in [-0.2, -0.15) is 0 Å². The normalized spacial score (nSPS) is 10.4. The number of carbonyl (C=O) groups excluding carboxylic acids is 1. The van der Waals surface area contributed by atoms with Crippen LogP contribution in [0.2, 0.25) is 10.0 Å². The number of hydrogen-bond acceptors (Lipinski definition) is 7. The minimum Gasteiger partial charge on any atom is -0.334 e. The number of nitrogens with zero attached hydrogens (tertiary/aromatic N) is 3. The van der Waals surface area contributed by atoms with E-state index in [1.165, 1.54) is 18.2 Å². The zero-order chi connectivity index (χ0) is 21.7. The van der Waals surface area contributed by atoms with Crippen LogP contribution >= 0.6 is 23.2 Å². The number of anilines is 3. The molecule has 2 aromatic carbocycles. The number of hydrazine groups is 1. The lowest BCUT2D eigenvalue weighted by Gasteiger charge is -2.11. The molecule has 9 nitrogen and oxygen atoms in total. The summed E-state index contributed by atoms with van der Waals surface area (Å²) in [5.74, 6) is -0.837. The third kappa shape index (κ3) is 4.94. The Labute approximate surface area is 181 Å². The van der Waals surface area contributed by atoms with Gasteiger partial charge in [-0.25, -0.2) is 9.97 Å². The van der Waals surface area contributed by atoms with Crippen molar-refractivity contribution in [1.29, 1.82) is 0 Å². The molecule has 1 amide bonds. The van der Waals surface area contributed by atoms with Gasteiger partial charge in [-0.15, -0.1) is 0 Å². The van der Waals surface area contributed by atoms with Crippen molar-refractivity contribution in [3.63, 3.8) is 0 Å². The number of nitrogens with one attached hydrogen (secondary N) is 3. The van der Waals surface area contributed by atoms with Gasteiger partial charge in [0.05, 0.1) is 15.5 Å². The molecule has 3 aromatic rings. The van der Waals surface area contributed by atoms with Gasteiger partial charge < -0.3 is 5.32 Å². The fourth-order valence-electron chi connectivity index (χ4n) is 2.55. The van der Waals surface area contributed by atoms with Crippen molar-refractivity contribution in [2.75, 3.05) is 10.7 Å². The van der Waals surface area contributed by atoms with Crippen LogP contribution in [-0.4, -0.2) is 20.8 Å². The number of aromatic nitrogens is 2. The highest BCUT2D eigenvalue weighted by atomic mass is 35.5. The summed E-state index contributed by atoms with van der Waals surface area (Å²) in [6, 6.07) is 11.8. The van der Waals surface area contributed by atoms with Crippen molar-refractivity contribution >= 4 is 52.1 Å². The van der Waals surface area contributed by atoms with E-state index in [1.807, 2.05) is 19.1 Å². The standard InChI is InChI=1S/C19H16Cl2N6O3/c1-2-11-3-6-13(7-4-11)24-17-16(27(29)30)18(23-10-22-17)25-26-19(28)14-8-5-12(20)9-15(14)21/h3-10H,2H2,1H3,(H,26,28)(H2,22,23,24,25). The number of rotatable bonds is 7. The number of carbonyl (C=O) groups is 1. The largest absolute Gasteiger partial charge is 0.355 e. The molecule has 0 unspecified atom stereocenters. The third-order valence-corrected chi connectivity index (χ3v) is 4.65. The number of halogens is 2. The first-order chi connectivity index (χ1) is 14.4. The number of amides is 1. The van der Waals surface area contributed by atoms with Crippen molar-refractivity contribution < 1.29 is 9.72 Å². The van der Waals surface area contributed by atoms with Gasteiger partial charge in [0.15, 0.2) is 0 Å². The molecule has 3 rings (SSSR count). The zero-order valence-electron chi connectivity index (χ0n) is 15.6. The van der Waals surface area contributed by atoms with E-state index < -0.39 is 16.5 Å². The predicted molar refractivity (Wildman–Crippen MR) is 115 cm³/mol. The van der Waals surface area contributed by atoms with Crippen molar-refractivity contribution in [2.24, 2.45) is 0 Å². The third-order valence-electron chi connectivity index (χ3n) is 4.10. The summed E-state index contributed by atoms with van der Waals surface area (Å²) in [6.07, 6.45) is 2.01. The maximum Gasteiger partial charge on any atom is 0.355 e. The van der Waals surface area contributed by atoms with Crippen LogP contribution in [0.15, 0.2) is 48.8 Å². The van der Waals surface area contributed by atoms with Crippen LogP contribution in [0.1, 0.15) is 22.8 Å². The maximum absolute atomic E-state index is 12.3. The van der Waals surface area contributed by atoms with Gasteiger partial charge in [-0.05, 0) is 42.3 Å². The van der Waals surface area contributed by atoms with Crippen LogP contribution in [0.25, 0.3) is 0 Å². The highest BCUT2D eigenvalue weighted by molar-refractivity contribution is 6.36. The highest BCUT2D eigenvalue weighted by Crippen LogP contribution is 2.31. The summed E-state index contributed by atoms with van der Waals surface area (Å²) in [6.45, 7) is 2.03. The molecule has 1 heterocycles. The van der Waals surface area contributed by atoms with Gasteiger partial charge >= 0.3 is 5.69 Å². The molecule has 30 heavy (non-hydrogen) atoms. The molecule has 0 fully saturated rings. The lowest BCUT2D eigenvalue weighted by Crippen LogP contribution is -2.30. The number of aryl methyl sites for hydroxylation is 1. The van der Waals surface area contributed by atoms with Gasteiger partial charge in [0.1, 0.15) is 6.33 Å². The molecular formula is C19H16Cl2N6O3. The molecule has 3 N–H and O–H groups in total. The minimum absolute atomic E-state index is 0.0273. The van der Waals surface area contributed by atoms with E-state index in [4.69, 9.17) is 23.2 Å². The fraction of sp³-hybridized carbons (Fsp3) is 0.105. The molecule has 0 spiro atoms. The Morgan fingerprint density at radius 1 is 1.10 bits per heavy atom. The van der Waals surface area contributed by atoms with Gasteiger partial charge in [0.2, 0.25) is 11.6 Å². The summed E-state index contributed by atoms with van der Waals surface area (Å²) >= 11 is 11.8. The quantitative estimate of drug-likeness (QED) is 0.353. The minimum atomic E-state index is -0.646. The Morgan fingerprint density at radius 3 is 2.43 bits per heavy atom. The van der Waals surface area contributed by atoms with Gasteiger partial charge in [-0.3, -0.25) is 25.8 Å². The van der Waals surface area contributed by atoms with Crippen molar-refractivity contribution in [2.45, 2.75) is 13.3 Å².